The van der Waals surface area contributed by atoms with Crippen LogP contribution >= 0.6 is 0 Å². The summed E-state index contributed by atoms with van der Waals surface area (Å²) in [5, 5.41) is 20.6. The monoisotopic (exact) mass is 1170 g/mol. The lowest BCUT2D eigenvalue weighted by Gasteiger charge is -2.19. The van der Waals surface area contributed by atoms with E-state index in [1.165, 1.54) is 379 Å². The number of aliphatic carboxylic acids is 1. The van der Waals surface area contributed by atoms with E-state index in [0.29, 0.717) is 12.8 Å². The molecule has 2 rings (SSSR count). The van der Waals surface area contributed by atoms with Crippen LogP contribution in [0.3, 0.4) is 0 Å². The van der Waals surface area contributed by atoms with Crippen LogP contribution in [-0.2, 0) is 4.79 Å². The molecule has 0 bridgehead atoms. The van der Waals surface area contributed by atoms with E-state index in [2.05, 4.69) is 20.8 Å². The molecule has 2 fully saturated rings. The maximum atomic E-state index is 12.0. The lowest BCUT2D eigenvalue weighted by atomic mass is 9.91. The van der Waals surface area contributed by atoms with Crippen molar-refractivity contribution < 1.29 is 15.0 Å². The van der Waals surface area contributed by atoms with Crippen molar-refractivity contribution in [2.24, 2.45) is 35.5 Å². The minimum atomic E-state index is -0.797. The molecule has 0 aromatic heterocycles. The molecule has 0 spiro atoms. The summed E-state index contributed by atoms with van der Waals surface area (Å²) in [6, 6.07) is 0. The molecular weight excluding hydrogens is 1010 g/mol. The summed E-state index contributed by atoms with van der Waals surface area (Å²) in [5.41, 5.74) is 0. The van der Waals surface area contributed by atoms with E-state index >= 15 is 0 Å². The molecule has 0 radical (unpaired) electrons. The van der Waals surface area contributed by atoms with Crippen LogP contribution in [0.4, 0.5) is 0 Å². The van der Waals surface area contributed by atoms with Gasteiger partial charge in [-0.1, -0.05) is 438 Å². The predicted octanol–water partition coefficient (Wildman–Crippen LogP) is 28.1. The molecule has 0 aliphatic heterocycles. The van der Waals surface area contributed by atoms with Gasteiger partial charge in [0.25, 0.3) is 0 Å². The zero-order valence-electron chi connectivity index (χ0n) is 57.6. The van der Waals surface area contributed by atoms with E-state index in [9.17, 15) is 15.0 Å². The van der Waals surface area contributed by atoms with Gasteiger partial charge in [-0.15, -0.1) is 0 Å². The zero-order chi connectivity index (χ0) is 59.4. The molecule has 2 saturated carbocycles. The van der Waals surface area contributed by atoms with Gasteiger partial charge in [0.1, 0.15) is 0 Å². The van der Waals surface area contributed by atoms with Crippen molar-refractivity contribution in [3.63, 3.8) is 0 Å². The maximum absolute atomic E-state index is 12.0. The first-order valence-electron chi connectivity index (χ1n) is 39.9. The van der Waals surface area contributed by atoms with Gasteiger partial charge in [0.05, 0.1) is 12.0 Å². The lowest BCUT2D eigenvalue weighted by molar-refractivity contribution is -0.146. The first-order chi connectivity index (χ1) is 41.0. The van der Waals surface area contributed by atoms with Crippen molar-refractivity contribution in [2.75, 3.05) is 0 Å². The highest BCUT2D eigenvalue weighted by molar-refractivity contribution is 5.70. The Kier molecular flexibility index (Phi) is 58.3. The predicted molar refractivity (Wildman–Crippen MR) is 370 cm³/mol. The number of carbonyl (C=O) groups is 1. The smallest absolute Gasteiger partial charge is 0.309 e. The molecule has 2 aliphatic rings. The van der Waals surface area contributed by atoms with Crippen LogP contribution in [-0.4, -0.2) is 22.3 Å². The highest BCUT2D eigenvalue weighted by Gasteiger charge is 2.39. The summed E-state index contributed by atoms with van der Waals surface area (Å²) < 4.78 is 0. The van der Waals surface area contributed by atoms with Crippen LogP contribution in [0.25, 0.3) is 0 Å². The number of carboxylic acid groups (broad SMARTS) is 1. The first-order valence-corrected chi connectivity index (χ1v) is 39.9. The van der Waals surface area contributed by atoms with Crippen molar-refractivity contribution in [3.8, 4) is 0 Å². The molecule has 0 heterocycles. The topological polar surface area (TPSA) is 57.5 Å². The Morgan fingerprint density at radius 3 is 0.771 bits per heavy atom. The van der Waals surface area contributed by atoms with Crippen LogP contribution in [0.1, 0.15) is 464 Å². The molecule has 0 aromatic rings. The third kappa shape index (κ3) is 53.0. The molecule has 3 heteroatoms. The SMILES string of the molecule is CCCCCCCCCCCCCCCCCCCCCCC(C(=O)O)C(O)CCCCCCCCCCCCCCCCCC1CC1C(C)CCCCCCCCCCCCC1CC1CCCCCCCCCCCCCCCCCC. The van der Waals surface area contributed by atoms with Crippen LogP contribution in [0, 0.1) is 35.5 Å². The molecule has 2 aliphatic carbocycles. The van der Waals surface area contributed by atoms with Crippen molar-refractivity contribution in [3.05, 3.63) is 0 Å². The second-order valence-electron chi connectivity index (χ2n) is 29.5. The zero-order valence-corrected chi connectivity index (χ0v) is 57.6. The highest BCUT2D eigenvalue weighted by Crippen LogP contribution is 2.49. The molecular formula is C80H156O3. The average Bonchev–Trinajstić information content (AvgIpc) is 4.61. The minimum Gasteiger partial charge on any atom is -0.481 e. The Bertz CT molecular complexity index is 1280. The standard InChI is InChI=1S/C80H156O3/c1-4-6-8-10-12-14-16-18-20-22-23-24-25-29-33-37-45-51-57-63-69-77(80(82)83)79(81)70-64-58-52-46-38-34-30-26-28-32-36-44-50-56-62-68-76-72-78(76)73(3)65-59-53-47-41-39-40-43-49-55-61-67-75-71-74(75)66-60-54-48-42-35-31-27-21-19-17-15-13-11-9-7-5-2/h73-79,81H,4-72H2,1-3H3,(H,82,83). The van der Waals surface area contributed by atoms with Crippen molar-refractivity contribution in [2.45, 2.75) is 470 Å². The molecule has 7 unspecified atom stereocenters. The second kappa shape index (κ2) is 61.7. The highest BCUT2D eigenvalue weighted by atomic mass is 16.4. The molecule has 3 nitrogen and oxygen atoms in total. The summed E-state index contributed by atoms with van der Waals surface area (Å²) in [7, 11) is 0. The third-order valence-electron chi connectivity index (χ3n) is 21.4. The van der Waals surface area contributed by atoms with E-state index in [1.54, 1.807) is 25.7 Å². The largest absolute Gasteiger partial charge is 0.481 e. The molecule has 83 heavy (non-hydrogen) atoms. The first kappa shape index (κ1) is 78.5. The van der Waals surface area contributed by atoms with Crippen molar-refractivity contribution in [1.29, 1.82) is 0 Å². The van der Waals surface area contributed by atoms with Gasteiger partial charge in [0.2, 0.25) is 0 Å². The van der Waals surface area contributed by atoms with E-state index in [-0.39, 0.29) is 0 Å². The van der Waals surface area contributed by atoms with Crippen molar-refractivity contribution in [1.82, 2.24) is 0 Å². The Labute approximate surface area is 523 Å². The van der Waals surface area contributed by atoms with Gasteiger partial charge in [0, 0.05) is 0 Å². The molecule has 0 amide bonds. The van der Waals surface area contributed by atoms with Gasteiger partial charge >= 0.3 is 5.97 Å². The fourth-order valence-electron chi connectivity index (χ4n) is 15.1. The summed E-state index contributed by atoms with van der Waals surface area (Å²) in [5.74, 6) is 3.96. The van der Waals surface area contributed by atoms with Gasteiger partial charge < -0.3 is 10.2 Å². The maximum Gasteiger partial charge on any atom is 0.309 e. The molecule has 494 valence electrons. The van der Waals surface area contributed by atoms with Gasteiger partial charge in [-0.3, -0.25) is 4.79 Å². The Morgan fingerprint density at radius 1 is 0.289 bits per heavy atom. The molecule has 0 saturated heterocycles. The van der Waals surface area contributed by atoms with E-state index < -0.39 is 18.0 Å². The number of carboxylic acids is 1. The average molecular weight is 1170 g/mol. The fourth-order valence-corrected chi connectivity index (χ4v) is 15.1. The van der Waals surface area contributed by atoms with Gasteiger partial charge in [-0.2, -0.15) is 0 Å². The molecule has 0 aromatic carbocycles. The number of rotatable bonds is 72. The Morgan fingerprint density at radius 2 is 0.506 bits per heavy atom. The second-order valence-corrected chi connectivity index (χ2v) is 29.5. The normalized spacial score (nSPS) is 17.8. The van der Waals surface area contributed by atoms with Crippen molar-refractivity contribution >= 4 is 5.97 Å². The van der Waals surface area contributed by atoms with Gasteiger partial charge in [0.15, 0.2) is 0 Å². The van der Waals surface area contributed by atoms with Crippen LogP contribution in [0.15, 0.2) is 0 Å². The van der Waals surface area contributed by atoms with Crippen LogP contribution in [0.2, 0.25) is 0 Å². The summed E-state index contributed by atoms with van der Waals surface area (Å²) in [6.45, 7) is 7.19. The quantitative estimate of drug-likeness (QED) is 0.0597. The van der Waals surface area contributed by atoms with Crippen LogP contribution in [0.5, 0.6) is 0 Å². The molecule has 7 atom stereocenters. The number of unbranched alkanes of at least 4 members (excludes halogenated alkanes) is 57. The van der Waals surface area contributed by atoms with Gasteiger partial charge in [-0.25, -0.2) is 0 Å². The third-order valence-corrected chi connectivity index (χ3v) is 21.4. The number of aliphatic hydroxyl groups is 1. The fraction of sp³-hybridized carbons (Fsp3) is 0.988. The van der Waals surface area contributed by atoms with Crippen LogP contribution < -0.4 is 0 Å². The Hall–Kier alpha value is -0.570. The lowest BCUT2D eigenvalue weighted by Crippen LogP contribution is -2.28. The van der Waals surface area contributed by atoms with E-state index in [1.807, 2.05) is 0 Å². The minimum absolute atomic E-state index is 0.581. The summed E-state index contributed by atoms with van der Waals surface area (Å²) >= 11 is 0. The summed E-state index contributed by atoms with van der Waals surface area (Å²) in [6.07, 6.45) is 95.8. The summed E-state index contributed by atoms with van der Waals surface area (Å²) in [4.78, 5) is 12.0. The number of aliphatic hydroxyl groups excluding tert-OH is 1. The Balaban J connectivity index is 1.21. The number of hydrogen-bond donors (Lipinski definition) is 2. The van der Waals surface area contributed by atoms with E-state index in [4.69, 9.17) is 0 Å². The molecule has 2 N–H and O–H groups in total. The number of hydrogen-bond acceptors (Lipinski definition) is 2. The van der Waals surface area contributed by atoms with E-state index in [0.717, 1.165) is 55.3 Å². The van der Waals surface area contributed by atoms with Gasteiger partial charge in [-0.05, 0) is 55.3 Å².